The van der Waals surface area contributed by atoms with E-state index >= 15 is 0 Å². The Balaban J connectivity index is 1.34. The summed E-state index contributed by atoms with van der Waals surface area (Å²) in [7, 11) is 0. The molecular weight excluding hydrogens is 364 g/mol. The number of ether oxygens (including phenoxy) is 1. The topological polar surface area (TPSA) is 57.7 Å². The van der Waals surface area contributed by atoms with Crippen LogP contribution in [0.5, 0.6) is 11.5 Å². The average Bonchev–Trinajstić information content (AvgIpc) is 2.79. The molecule has 2 heterocycles. The van der Waals surface area contributed by atoms with Gasteiger partial charge in [-0.25, -0.2) is 4.79 Å². The van der Waals surface area contributed by atoms with E-state index in [1.54, 1.807) is 12.4 Å². The van der Waals surface area contributed by atoms with Gasteiger partial charge in [0, 0.05) is 45.1 Å². The van der Waals surface area contributed by atoms with Gasteiger partial charge in [0.1, 0.15) is 5.75 Å². The Morgan fingerprint density at radius 3 is 2.34 bits per heavy atom. The summed E-state index contributed by atoms with van der Waals surface area (Å²) >= 11 is 0. The number of nitrogens with zero attached hydrogens (tertiary/aromatic N) is 3. The number of piperazine rings is 1. The number of urea groups is 1. The van der Waals surface area contributed by atoms with E-state index in [0.717, 1.165) is 35.8 Å². The third-order valence-corrected chi connectivity index (χ3v) is 4.94. The van der Waals surface area contributed by atoms with Crippen LogP contribution in [0.25, 0.3) is 0 Å². The Bertz CT molecular complexity index is 926. The van der Waals surface area contributed by atoms with Crippen LogP contribution in [0, 0.1) is 0 Å². The summed E-state index contributed by atoms with van der Waals surface area (Å²) in [4.78, 5) is 20.6. The first-order valence-electron chi connectivity index (χ1n) is 9.78. The smallest absolute Gasteiger partial charge is 0.317 e. The van der Waals surface area contributed by atoms with E-state index in [1.165, 1.54) is 0 Å². The van der Waals surface area contributed by atoms with Gasteiger partial charge >= 0.3 is 6.03 Å². The summed E-state index contributed by atoms with van der Waals surface area (Å²) in [5, 5.41) is 2.98. The Hall–Kier alpha value is -3.54. The summed E-state index contributed by atoms with van der Waals surface area (Å²) in [6, 6.07) is 21.6. The zero-order valence-electron chi connectivity index (χ0n) is 16.2. The largest absolute Gasteiger partial charge is 0.455 e. The Kier molecular flexibility index (Phi) is 5.90. The zero-order valence-corrected chi connectivity index (χ0v) is 16.2. The van der Waals surface area contributed by atoms with E-state index in [2.05, 4.69) is 21.3 Å². The van der Waals surface area contributed by atoms with Crippen molar-refractivity contribution in [1.82, 2.24) is 15.2 Å². The molecule has 29 heavy (non-hydrogen) atoms. The van der Waals surface area contributed by atoms with Crippen molar-refractivity contribution in [1.29, 1.82) is 0 Å². The molecule has 0 bridgehead atoms. The van der Waals surface area contributed by atoms with Crippen LogP contribution in [0.1, 0.15) is 5.56 Å². The lowest BCUT2D eigenvalue weighted by molar-refractivity contribution is 0.194. The highest BCUT2D eigenvalue weighted by Crippen LogP contribution is 2.32. The van der Waals surface area contributed by atoms with Gasteiger partial charge in [0.15, 0.2) is 5.75 Å². The second kappa shape index (κ2) is 9.10. The lowest BCUT2D eigenvalue weighted by Gasteiger charge is -2.36. The third kappa shape index (κ3) is 4.85. The van der Waals surface area contributed by atoms with Crippen molar-refractivity contribution in [3.8, 4) is 11.5 Å². The number of hydrogen-bond donors (Lipinski definition) is 1. The molecule has 0 unspecified atom stereocenters. The fourth-order valence-corrected chi connectivity index (χ4v) is 3.36. The zero-order chi connectivity index (χ0) is 19.9. The summed E-state index contributed by atoms with van der Waals surface area (Å²) in [6.07, 6.45) is 3.46. The Labute approximate surface area is 170 Å². The molecule has 1 aliphatic rings. The van der Waals surface area contributed by atoms with Crippen molar-refractivity contribution in [3.63, 3.8) is 0 Å². The fourth-order valence-electron chi connectivity index (χ4n) is 3.36. The van der Waals surface area contributed by atoms with Gasteiger partial charge in [-0.1, -0.05) is 30.3 Å². The number of aromatic nitrogens is 1. The number of pyridine rings is 1. The van der Waals surface area contributed by atoms with Gasteiger partial charge < -0.3 is 19.9 Å². The maximum atomic E-state index is 12.5. The number of hydrogen-bond acceptors (Lipinski definition) is 4. The van der Waals surface area contributed by atoms with Crippen molar-refractivity contribution >= 4 is 11.7 Å². The normalized spacial score (nSPS) is 13.8. The van der Waals surface area contributed by atoms with E-state index in [9.17, 15) is 4.79 Å². The molecule has 6 heteroatoms. The summed E-state index contributed by atoms with van der Waals surface area (Å²) in [5.41, 5.74) is 2.09. The standard InChI is InChI=1S/C23H24N4O2/c28-23(25-18-19-10-12-24-13-11-19)27-16-14-26(15-17-27)21-8-4-5-9-22(21)29-20-6-2-1-3-7-20/h1-13H,14-18H2,(H,25,28). The third-order valence-electron chi connectivity index (χ3n) is 4.94. The van der Waals surface area contributed by atoms with Crippen LogP contribution in [0.4, 0.5) is 10.5 Å². The number of nitrogens with one attached hydrogen (secondary N) is 1. The number of rotatable bonds is 5. The minimum atomic E-state index is -0.0321. The Morgan fingerprint density at radius 1 is 0.897 bits per heavy atom. The van der Waals surface area contributed by atoms with Crippen molar-refractivity contribution in [3.05, 3.63) is 84.7 Å². The fraction of sp³-hybridized carbons (Fsp3) is 0.217. The number of carbonyl (C=O) groups is 1. The minimum absolute atomic E-state index is 0.0321. The quantitative estimate of drug-likeness (QED) is 0.720. The molecule has 6 nitrogen and oxygen atoms in total. The van der Waals surface area contributed by atoms with Crippen LogP contribution >= 0.6 is 0 Å². The summed E-state index contributed by atoms with van der Waals surface area (Å²) < 4.78 is 6.08. The lowest BCUT2D eigenvalue weighted by Crippen LogP contribution is -2.51. The molecular formula is C23H24N4O2. The lowest BCUT2D eigenvalue weighted by atomic mass is 10.2. The molecule has 1 N–H and O–H groups in total. The van der Waals surface area contributed by atoms with Gasteiger partial charge in [-0.3, -0.25) is 4.98 Å². The van der Waals surface area contributed by atoms with Gasteiger partial charge in [-0.05, 0) is 42.0 Å². The maximum absolute atomic E-state index is 12.5. The van der Waals surface area contributed by atoms with Crippen molar-refractivity contribution in [2.45, 2.75) is 6.54 Å². The number of anilines is 1. The molecule has 3 aromatic rings. The van der Waals surface area contributed by atoms with Gasteiger partial charge in [-0.2, -0.15) is 0 Å². The van der Waals surface area contributed by atoms with E-state index < -0.39 is 0 Å². The molecule has 2 aromatic carbocycles. The molecule has 2 amide bonds. The van der Waals surface area contributed by atoms with Crippen molar-refractivity contribution in [2.24, 2.45) is 0 Å². The van der Waals surface area contributed by atoms with Crippen molar-refractivity contribution in [2.75, 3.05) is 31.1 Å². The van der Waals surface area contributed by atoms with Crippen LogP contribution in [-0.4, -0.2) is 42.1 Å². The van der Waals surface area contributed by atoms with E-state index in [-0.39, 0.29) is 6.03 Å². The van der Waals surface area contributed by atoms with Crippen LogP contribution in [0.3, 0.4) is 0 Å². The number of amides is 2. The molecule has 1 aliphatic heterocycles. The highest BCUT2D eigenvalue weighted by atomic mass is 16.5. The summed E-state index contributed by atoms with van der Waals surface area (Å²) in [5.74, 6) is 1.64. The molecule has 148 valence electrons. The molecule has 0 aliphatic carbocycles. The minimum Gasteiger partial charge on any atom is -0.455 e. The number of para-hydroxylation sites is 3. The predicted octanol–water partition coefficient (Wildman–Crippen LogP) is 3.91. The highest BCUT2D eigenvalue weighted by Gasteiger charge is 2.23. The summed E-state index contributed by atoms with van der Waals surface area (Å²) in [6.45, 7) is 3.37. The molecule has 4 rings (SSSR count). The maximum Gasteiger partial charge on any atom is 0.317 e. The molecule has 0 radical (unpaired) electrons. The first-order valence-corrected chi connectivity index (χ1v) is 9.78. The molecule has 1 fully saturated rings. The Morgan fingerprint density at radius 2 is 1.59 bits per heavy atom. The highest BCUT2D eigenvalue weighted by molar-refractivity contribution is 5.74. The average molecular weight is 388 g/mol. The van der Waals surface area contributed by atoms with Gasteiger partial charge in [-0.15, -0.1) is 0 Å². The predicted molar refractivity (Wildman–Crippen MR) is 113 cm³/mol. The van der Waals surface area contributed by atoms with E-state index in [4.69, 9.17) is 4.74 Å². The van der Waals surface area contributed by atoms with Gasteiger partial charge in [0.05, 0.1) is 5.69 Å². The number of carbonyl (C=O) groups excluding carboxylic acids is 1. The van der Waals surface area contributed by atoms with Crippen molar-refractivity contribution < 1.29 is 9.53 Å². The molecule has 1 saturated heterocycles. The van der Waals surface area contributed by atoms with E-state index in [1.807, 2.05) is 65.6 Å². The van der Waals surface area contributed by atoms with Crippen LogP contribution in [-0.2, 0) is 6.54 Å². The molecule has 0 atom stereocenters. The van der Waals surface area contributed by atoms with Crippen LogP contribution in [0.15, 0.2) is 79.1 Å². The second-order valence-corrected chi connectivity index (χ2v) is 6.87. The molecule has 0 saturated carbocycles. The first kappa shape index (κ1) is 18.8. The SMILES string of the molecule is O=C(NCc1ccncc1)N1CCN(c2ccccc2Oc2ccccc2)CC1. The monoisotopic (exact) mass is 388 g/mol. The van der Waals surface area contributed by atoms with E-state index in [0.29, 0.717) is 19.6 Å². The molecule has 0 spiro atoms. The number of benzene rings is 2. The van der Waals surface area contributed by atoms with Gasteiger partial charge in [0.2, 0.25) is 0 Å². The second-order valence-electron chi connectivity index (χ2n) is 6.87. The van der Waals surface area contributed by atoms with Crippen LogP contribution in [0.2, 0.25) is 0 Å². The van der Waals surface area contributed by atoms with Crippen LogP contribution < -0.4 is 15.0 Å². The molecule has 1 aromatic heterocycles. The first-order chi connectivity index (χ1) is 14.3. The van der Waals surface area contributed by atoms with Gasteiger partial charge in [0.25, 0.3) is 0 Å².